The summed E-state index contributed by atoms with van der Waals surface area (Å²) in [5.41, 5.74) is 3.43. The molecule has 4 N–H and O–H groups in total. The number of hydrogen-bond donors (Lipinski definition) is 4. The molecule has 256 valence electrons. The molecule has 2 aromatic carbocycles. The molecule has 2 fully saturated rings. The maximum Gasteiger partial charge on any atom is 0.272 e. The number of likely N-dealkylation sites (N-methyl/N-ethyl adjacent to an activating group) is 1. The third-order valence-electron chi connectivity index (χ3n) is 9.80. The molecular formula is C37H41ClN6O5. The second-order valence-electron chi connectivity index (χ2n) is 12.9. The van der Waals surface area contributed by atoms with Crippen molar-refractivity contribution in [2.45, 2.75) is 38.3 Å². The molecule has 2 saturated heterocycles. The van der Waals surface area contributed by atoms with Crippen LogP contribution in [0.3, 0.4) is 0 Å². The first-order valence-electron chi connectivity index (χ1n) is 16.7. The van der Waals surface area contributed by atoms with E-state index in [-0.39, 0.29) is 60.7 Å². The van der Waals surface area contributed by atoms with E-state index < -0.39 is 12.0 Å². The molecule has 49 heavy (non-hydrogen) atoms. The lowest BCUT2D eigenvalue weighted by Gasteiger charge is -2.40. The number of rotatable bonds is 11. The first-order chi connectivity index (χ1) is 23.7. The Morgan fingerprint density at radius 1 is 1.00 bits per heavy atom. The number of halogens is 1. The molecule has 0 radical (unpaired) electrons. The van der Waals surface area contributed by atoms with E-state index in [0.717, 1.165) is 28.5 Å². The number of carbonyl (C=O) groups excluding carboxylic acids is 4. The third kappa shape index (κ3) is 7.79. The Hall–Kier alpha value is -4.74. The molecule has 2 aliphatic rings. The molecule has 4 aromatic rings. The number of carbonyl (C=O) groups is 4. The number of benzene rings is 2. The van der Waals surface area contributed by atoms with Crippen molar-refractivity contribution in [3.8, 4) is 0 Å². The smallest absolute Gasteiger partial charge is 0.272 e. The van der Waals surface area contributed by atoms with Crippen molar-refractivity contribution >= 4 is 46.1 Å². The summed E-state index contributed by atoms with van der Waals surface area (Å²) < 4.78 is 0. The number of aliphatic hydroxyl groups excluding tert-OH is 1. The minimum Gasteiger partial charge on any atom is -0.390 e. The first kappa shape index (κ1) is 34.1. The van der Waals surface area contributed by atoms with Crippen molar-refractivity contribution in [1.82, 2.24) is 30.4 Å². The topological polar surface area (TPSA) is 148 Å². The van der Waals surface area contributed by atoms with E-state index in [4.69, 9.17) is 11.6 Å². The van der Waals surface area contributed by atoms with Crippen LogP contribution in [-0.4, -0.2) is 87.8 Å². The van der Waals surface area contributed by atoms with Crippen molar-refractivity contribution in [1.29, 1.82) is 0 Å². The van der Waals surface area contributed by atoms with Crippen LogP contribution in [-0.2, 0) is 33.8 Å². The maximum absolute atomic E-state index is 14.1. The van der Waals surface area contributed by atoms with E-state index >= 15 is 0 Å². The molecule has 0 spiro atoms. The fourth-order valence-electron chi connectivity index (χ4n) is 7.23. The van der Waals surface area contributed by atoms with Crippen LogP contribution < -0.4 is 10.6 Å². The molecule has 4 amide bonds. The molecule has 11 nitrogen and oxygen atoms in total. The van der Waals surface area contributed by atoms with Crippen molar-refractivity contribution < 1.29 is 24.3 Å². The standard InChI is InChI=1S/C37H41ClN6O5/c1-39-36(48)31(11-5-9-23-7-3-2-4-8-23)42-35(47)30-21-43(34(46)15-24-17-40-33-16-26(38)13-14-28(24)33)18-25-19-44(20-29(25)30)37(49)32-12-6-10-27(22-45)41-32/h2-4,6-8,10,12-14,16-17,25,29-31,40,45H,5,9,11,15,18-22H2,1H3,(H,39,48)(H,42,47)/t25?,29?,30?,31-/m0/s1. The molecule has 4 heterocycles. The second kappa shape index (κ2) is 15.2. The van der Waals surface area contributed by atoms with Gasteiger partial charge in [0.05, 0.1) is 24.6 Å². The van der Waals surface area contributed by atoms with Crippen LogP contribution in [0.15, 0.2) is 72.9 Å². The average molecular weight is 685 g/mol. The highest BCUT2D eigenvalue weighted by atomic mass is 35.5. The number of amides is 4. The van der Waals surface area contributed by atoms with Crippen molar-refractivity contribution in [3.63, 3.8) is 0 Å². The van der Waals surface area contributed by atoms with Gasteiger partial charge in [-0.3, -0.25) is 19.2 Å². The molecule has 2 aromatic heterocycles. The number of piperidine rings is 1. The number of aromatic nitrogens is 2. The van der Waals surface area contributed by atoms with Crippen LogP contribution >= 0.6 is 11.6 Å². The molecule has 12 heteroatoms. The molecule has 2 aliphatic heterocycles. The number of likely N-dealkylation sites (tertiary alicyclic amines) is 2. The monoisotopic (exact) mass is 684 g/mol. The Balaban J connectivity index is 1.21. The lowest BCUT2D eigenvalue weighted by atomic mass is 9.79. The number of aryl methyl sites for hydroxylation is 1. The van der Waals surface area contributed by atoms with Gasteiger partial charge in [-0.05, 0) is 66.5 Å². The predicted octanol–water partition coefficient (Wildman–Crippen LogP) is 3.35. The lowest BCUT2D eigenvalue weighted by molar-refractivity contribution is -0.140. The summed E-state index contributed by atoms with van der Waals surface area (Å²) in [5, 5.41) is 16.7. The van der Waals surface area contributed by atoms with Gasteiger partial charge < -0.3 is 30.5 Å². The second-order valence-corrected chi connectivity index (χ2v) is 13.4. The van der Waals surface area contributed by atoms with E-state index in [9.17, 15) is 24.3 Å². The zero-order valence-corrected chi connectivity index (χ0v) is 28.2. The summed E-state index contributed by atoms with van der Waals surface area (Å²) in [6.07, 6.45) is 3.85. The Kier molecular flexibility index (Phi) is 10.6. The summed E-state index contributed by atoms with van der Waals surface area (Å²) in [6.45, 7) is 0.948. The van der Waals surface area contributed by atoms with Gasteiger partial charge in [0.1, 0.15) is 11.7 Å². The fourth-order valence-corrected chi connectivity index (χ4v) is 7.40. The zero-order chi connectivity index (χ0) is 34.5. The molecule has 0 saturated carbocycles. The number of pyridine rings is 1. The Morgan fingerprint density at radius 2 is 1.80 bits per heavy atom. The summed E-state index contributed by atoms with van der Waals surface area (Å²) in [5.74, 6) is -2.02. The molecule has 3 unspecified atom stereocenters. The van der Waals surface area contributed by atoms with Crippen molar-refractivity contribution in [2.75, 3.05) is 33.2 Å². The van der Waals surface area contributed by atoms with Crippen LogP contribution in [0.2, 0.25) is 5.02 Å². The number of hydrogen-bond acceptors (Lipinski definition) is 6. The van der Waals surface area contributed by atoms with Gasteiger partial charge in [-0.15, -0.1) is 0 Å². The van der Waals surface area contributed by atoms with E-state index in [0.29, 0.717) is 43.2 Å². The number of nitrogens with one attached hydrogen (secondary N) is 3. The molecule has 0 bridgehead atoms. The minimum atomic E-state index is -0.742. The molecule has 0 aliphatic carbocycles. The van der Waals surface area contributed by atoms with Crippen LogP contribution in [0.1, 0.15) is 40.2 Å². The third-order valence-corrected chi connectivity index (χ3v) is 10.0. The summed E-state index contributed by atoms with van der Waals surface area (Å²) in [7, 11) is 1.55. The van der Waals surface area contributed by atoms with E-state index in [1.807, 2.05) is 48.7 Å². The molecule has 4 atom stereocenters. The number of fused-ring (bicyclic) bond motifs is 2. The van der Waals surface area contributed by atoms with Gasteiger partial charge >= 0.3 is 0 Å². The van der Waals surface area contributed by atoms with E-state index in [2.05, 4.69) is 20.6 Å². The van der Waals surface area contributed by atoms with Crippen LogP contribution in [0.4, 0.5) is 0 Å². The van der Waals surface area contributed by atoms with Crippen molar-refractivity contribution in [3.05, 3.63) is 100 Å². The Morgan fingerprint density at radius 3 is 2.57 bits per heavy atom. The zero-order valence-electron chi connectivity index (χ0n) is 27.4. The number of H-pyrrole nitrogens is 1. The van der Waals surface area contributed by atoms with Gasteiger partial charge in [0, 0.05) is 55.3 Å². The van der Waals surface area contributed by atoms with Gasteiger partial charge in [-0.25, -0.2) is 4.98 Å². The highest BCUT2D eigenvalue weighted by Gasteiger charge is 2.48. The SMILES string of the molecule is CNC(=O)[C@H](CCCc1ccccc1)NC(=O)C1CN(C(=O)Cc2c[nH]c3cc(Cl)ccc23)CC2CN(C(=O)c3cccc(CO)n3)CC21. The van der Waals surface area contributed by atoms with E-state index in [1.54, 1.807) is 41.1 Å². The van der Waals surface area contributed by atoms with Crippen LogP contribution in [0, 0.1) is 17.8 Å². The maximum atomic E-state index is 14.1. The lowest BCUT2D eigenvalue weighted by Crippen LogP contribution is -2.56. The molecular weight excluding hydrogens is 644 g/mol. The highest BCUT2D eigenvalue weighted by molar-refractivity contribution is 6.31. The van der Waals surface area contributed by atoms with Crippen molar-refractivity contribution in [2.24, 2.45) is 17.8 Å². The summed E-state index contributed by atoms with van der Waals surface area (Å²) in [6, 6.07) is 19.7. The quantitative estimate of drug-likeness (QED) is 0.191. The minimum absolute atomic E-state index is 0.125. The van der Waals surface area contributed by atoms with Gasteiger partial charge in [0.25, 0.3) is 5.91 Å². The number of aliphatic hydroxyl groups is 1. The van der Waals surface area contributed by atoms with Crippen LogP contribution in [0.5, 0.6) is 0 Å². The number of nitrogens with zero attached hydrogens (tertiary/aromatic N) is 3. The largest absolute Gasteiger partial charge is 0.390 e. The molecule has 6 rings (SSSR count). The normalized spacial score (nSPS) is 19.4. The van der Waals surface area contributed by atoms with Gasteiger partial charge in [0.15, 0.2) is 0 Å². The van der Waals surface area contributed by atoms with Crippen LogP contribution in [0.25, 0.3) is 10.9 Å². The summed E-state index contributed by atoms with van der Waals surface area (Å²) in [4.78, 5) is 65.4. The highest BCUT2D eigenvalue weighted by Crippen LogP contribution is 2.37. The fraction of sp³-hybridized carbons (Fsp3) is 0.378. The first-order valence-corrected chi connectivity index (χ1v) is 17.1. The summed E-state index contributed by atoms with van der Waals surface area (Å²) >= 11 is 6.16. The Bertz CT molecular complexity index is 1830. The predicted molar refractivity (Wildman–Crippen MR) is 186 cm³/mol. The van der Waals surface area contributed by atoms with Gasteiger partial charge in [-0.2, -0.15) is 0 Å². The number of aromatic amines is 1. The average Bonchev–Trinajstić information content (AvgIpc) is 3.74. The van der Waals surface area contributed by atoms with E-state index in [1.165, 1.54) is 0 Å². The van der Waals surface area contributed by atoms with Gasteiger partial charge in [-0.1, -0.05) is 54.1 Å². The Labute approximate surface area is 290 Å². The van der Waals surface area contributed by atoms with Gasteiger partial charge in [0.2, 0.25) is 17.7 Å².